The molecule has 0 fully saturated rings. The standard InChI is InChI=1S/C66H77BN2O/c1-60(2,3)42-21-24-45-56(35-42)70-59-57(45)67-52-38-50-51(66(14,15)32-31-65(50,12)13)39-53(52)68(43-22-25-46-48(36-43)63(8,9)29-27-61(46,4)5)54-33-41(40-19-17-16-18-20-40)34-55(58(54)67)69(59)44-23-26-47-49(37-44)64(10,11)30-28-62(47,6)7/h16-26,33-39,57,59H,27-32H2,1-15H3. The van der Waals surface area contributed by atoms with Gasteiger partial charge in [-0.25, -0.2) is 0 Å². The zero-order valence-electron chi connectivity index (χ0n) is 45.2. The van der Waals surface area contributed by atoms with Gasteiger partial charge in [0.05, 0.1) is 0 Å². The summed E-state index contributed by atoms with van der Waals surface area (Å²) in [6.45, 7) is 36.7. The molecule has 3 aliphatic heterocycles. The maximum atomic E-state index is 7.68. The summed E-state index contributed by atoms with van der Waals surface area (Å²) in [4.78, 5) is 5.39. The zero-order valence-corrected chi connectivity index (χ0v) is 45.2. The highest BCUT2D eigenvalue weighted by Gasteiger charge is 2.56. The lowest BCUT2D eigenvalue weighted by atomic mass is 9.29. The van der Waals surface area contributed by atoms with Gasteiger partial charge in [0.1, 0.15) is 5.75 Å². The number of fused-ring (bicyclic) bond motifs is 9. The molecule has 6 aromatic carbocycles. The first-order chi connectivity index (χ1) is 32.8. The van der Waals surface area contributed by atoms with Gasteiger partial charge in [-0.15, -0.1) is 0 Å². The molecule has 2 unspecified atom stereocenters. The van der Waals surface area contributed by atoms with Gasteiger partial charge in [0.25, 0.3) is 0 Å². The number of benzene rings is 6. The second-order valence-corrected chi connectivity index (χ2v) is 27.7. The molecule has 0 N–H and O–H groups in total. The first-order valence-electron chi connectivity index (χ1n) is 26.9. The van der Waals surface area contributed by atoms with Crippen LogP contribution in [0.15, 0.2) is 109 Å². The van der Waals surface area contributed by atoms with E-state index in [2.05, 4.69) is 223 Å². The first kappa shape index (κ1) is 45.9. The largest absolute Gasteiger partial charge is 0.470 e. The predicted molar refractivity (Wildman–Crippen MR) is 298 cm³/mol. The fraction of sp³-hybridized carbons (Fsp3) is 0.455. The molecule has 3 aliphatic carbocycles. The molecule has 3 nitrogen and oxygen atoms in total. The molecule has 360 valence electrons. The lowest BCUT2D eigenvalue weighted by Gasteiger charge is -2.50. The number of anilines is 5. The third kappa shape index (κ3) is 6.72. The fourth-order valence-corrected chi connectivity index (χ4v) is 14.3. The lowest BCUT2D eigenvalue weighted by molar-refractivity contribution is 0.231. The molecule has 0 saturated heterocycles. The molecule has 0 radical (unpaired) electrons. The Hall–Kier alpha value is -5.22. The van der Waals surface area contributed by atoms with Crippen LogP contribution in [0.25, 0.3) is 11.1 Å². The van der Waals surface area contributed by atoms with E-state index in [0.29, 0.717) is 0 Å². The van der Waals surface area contributed by atoms with Gasteiger partial charge in [0, 0.05) is 34.3 Å². The molecule has 2 atom stereocenters. The first-order valence-corrected chi connectivity index (χ1v) is 26.9. The molecule has 12 rings (SSSR count). The Labute approximate surface area is 421 Å². The van der Waals surface area contributed by atoms with Crippen LogP contribution >= 0.6 is 0 Å². The van der Waals surface area contributed by atoms with Gasteiger partial charge in [0.15, 0.2) is 6.23 Å². The van der Waals surface area contributed by atoms with Crippen molar-refractivity contribution in [2.45, 2.75) is 192 Å². The van der Waals surface area contributed by atoms with Crippen molar-refractivity contribution in [3.8, 4) is 16.9 Å². The van der Waals surface area contributed by atoms with Crippen LogP contribution in [0.5, 0.6) is 5.75 Å². The van der Waals surface area contributed by atoms with Gasteiger partial charge in [-0.3, -0.25) is 0 Å². The zero-order chi connectivity index (χ0) is 49.5. The molecule has 6 aliphatic rings. The highest BCUT2D eigenvalue weighted by molar-refractivity contribution is 6.91. The molecule has 70 heavy (non-hydrogen) atoms. The van der Waals surface area contributed by atoms with Crippen LogP contribution in [0.2, 0.25) is 0 Å². The summed E-state index contributed by atoms with van der Waals surface area (Å²) in [5, 5.41) is 0. The topological polar surface area (TPSA) is 15.7 Å². The number of hydrogen-bond acceptors (Lipinski definition) is 3. The van der Waals surface area contributed by atoms with Crippen molar-refractivity contribution in [1.29, 1.82) is 0 Å². The van der Waals surface area contributed by atoms with E-state index in [1.165, 1.54) is 134 Å². The minimum atomic E-state index is -0.258. The van der Waals surface area contributed by atoms with E-state index in [-0.39, 0.29) is 56.7 Å². The van der Waals surface area contributed by atoms with Crippen LogP contribution in [0.1, 0.15) is 193 Å². The number of ether oxygens (including phenoxy) is 1. The van der Waals surface area contributed by atoms with Crippen molar-refractivity contribution in [2.75, 3.05) is 9.80 Å². The maximum Gasteiger partial charge on any atom is 0.231 e. The third-order valence-corrected chi connectivity index (χ3v) is 19.2. The van der Waals surface area contributed by atoms with Crippen molar-refractivity contribution in [1.82, 2.24) is 0 Å². The SMILES string of the molecule is CC(C)(C)c1ccc2c(c1)OC1C2B2c3cc4c(cc3N(c3ccc5c(c3)C(C)(C)CCC5(C)C)c3cc(-c5ccccc5)cc(c32)N1c1ccc2c(c1)C(C)(C)CCC2(C)C)C(C)(C)CCC4(C)C. The van der Waals surface area contributed by atoms with E-state index in [1.54, 1.807) is 0 Å². The van der Waals surface area contributed by atoms with Crippen LogP contribution < -0.4 is 25.5 Å². The number of rotatable bonds is 3. The van der Waals surface area contributed by atoms with E-state index in [9.17, 15) is 0 Å². The Morgan fingerprint density at radius 2 is 0.971 bits per heavy atom. The van der Waals surface area contributed by atoms with Crippen LogP contribution in [0, 0.1) is 0 Å². The highest BCUT2D eigenvalue weighted by Crippen LogP contribution is 2.57. The van der Waals surface area contributed by atoms with Crippen LogP contribution in [-0.4, -0.2) is 12.9 Å². The highest BCUT2D eigenvalue weighted by atomic mass is 16.5. The minimum absolute atomic E-state index is 0.0164. The quantitative estimate of drug-likeness (QED) is 0.165. The molecule has 0 saturated carbocycles. The van der Waals surface area contributed by atoms with Crippen molar-refractivity contribution in [2.24, 2.45) is 0 Å². The maximum absolute atomic E-state index is 7.68. The lowest BCUT2D eigenvalue weighted by Crippen LogP contribution is -2.63. The summed E-state index contributed by atoms with van der Waals surface area (Å²) in [6, 6.07) is 43.9. The molecular formula is C66H77BN2O. The predicted octanol–water partition coefficient (Wildman–Crippen LogP) is 16.3. The molecule has 0 amide bonds. The Morgan fingerprint density at radius 3 is 1.54 bits per heavy atom. The van der Waals surface area contributed by atoms with E-state index < -0.39 is 0 Å². The number of hydrogen-bond donors (Lipinski definition) is 0. The summed E-state index contributed by atoms with van der Waals surface area (Å²) in [7, 11) is 0. The molecule has 6 aromatic rings. The Morgan fingerprint density at radius 1 is 0.471 bits per heavy atom. The van der Waals surface area contributed by atoms with Gasteiger partial charge >= 0.3 is 0 Å². The van der Waals surface area contributed by atoms with E-state index in [0.717, 1.165) is 5.75 Å². The smallest absolute Gasteiger partial charge is 0.231 e. The molecular weight excluding hydrogens is 848 g/mol. The van der Waals surface area contributed by atoms with Crippen LogP contribution in [-0.2, 0) is 37.9 Å². The molecule has 0 spiro atoms. The van der Waals surface area contributed by atoms with Gasteiger partial charge in [0.2, 0.25) is 6.71 Å². The van der Waals surface area contributed by atoms with Gasteiger partial charge in [-0.2, -0.15) is 0 Å². The molecule has 0 bridgehead atoms. The van der Waals surface area contributed by atoms with Crippen molar-refractivity contribution in [3.63, 3.8) is 0 Å². The monoisotopic (exact) mass is 925 g/mol. The van der Waals surface area contributed by atoms with Gasteiger partial charge in [-0.1, -0.05) is 165 Å². The third-order valence-electron chi connectivity index (χ3n) is 19.2. The van der Waals surface area contributed by atoms with Crippen LogP contribution in [0.4, 0.5) is 28.4 Å². The molecule has 4 heteroatoms. The Bertz CT molecular complexity index is 3160. The van der Waals surface area contributed by atoms with Crippen molar-refractivity contribution in [3.05, 3.63) is 154 Å². The average Bonchev–Trinajstić information content (AvgIpc) is 3.69. The summed E-state index contributed by atoms with van der Waals surface area (Å²) >= 11 is 0. The summed E-state index contributed by atoms with van der Waals surface area (Å²) in [5.41, 5.74) is 23.7. The van der Waals surface area contributed by atoms with E-state index >= 15 is 0 Å². The number of nitrogens with zero attached hydrogens (tertiary/aromatic N) is 2. The second kappa shape index (κ2) is 14.7. The Balaban J connectivity index is 1.21. The minimum Gasteiger partial charge on any atom is -0.470 e. The van der Waals surface area contributed by atoms with Gasteiger partial charge in [-0.05, 0) is 192 Å². The molecule has 0 aromatic heterocycles. The summed E-state index contributed by atoms with van der Waals surface area (Å²) in [5.74, 6) is 1.08. The second-order valence-electron chi connectivity index (χ2n) is 27.7. The Kier molecular flexibility index (Phi) is 9.64. The average molecular weight is 925 g/mol. The van der Waals surface area contributed by atoms with Crippen molar-refractivity contribution >= 4 is 46.1 Å². The normalized spacial score (nSPS) is 23.2. The van der Waals surface area contributed by atoms with E-state index in [1.807, 2.05) is 0 Å². The summed E-state index contributed by atoms with van der Waals surface area (Å²) < 4.78 is 7.68. The van der Waals surface area contributed by atoms with Crippen LogP contribution in [0.3, 0.4) is 0 Å². The molecule has 3 heterocycles. The van der Waals surface area contributed by atoms with Crippen molar-refractivity contribution < 1.29 is 4.74 Å². The fourth-order valence-electron chi connectivity index (χ4n) is 14.3. The van der Waals surface area contributed by atoms with Gasteiger partial charge < -0.3 is 14.5 Å². The van der Waals surface area contributed by atoms with E-state index in [4.69, 9.17) is 4.74 Å². The summed E-state index contributed by atoms with van der Waals surface area (Å²) in [6.07, 6.45) is 6.81.